The average Bonchev–Trinajstić information content (AvgIpc) is 3.31. The molecule has 8 heteroatoms. The highest BCUT2D eigenvalue weighted by Crippen LogP contribution is 2.57. The molecule has 1 amide bonds. The van der Waals surface area contributed by atoms with Gasteiger partial charge in [-0.05, 0) is 74.6 Å². The first-order chi connectivity index (χ1) is 20.8. The predicted octanol–water partition coefficient (Wildman–Crippen LogP) is 6.77. The fraction of sp³-hybridized carbons (Fsp3) is 0.486. The van der Waals surface area contributed by atoms with Crippen molar-refractivity contribution in [1.82, 2.24) is 9.88 Å². The molecular formula is C35H40N2O5S. The number of hydrogen-bond donors (Lipinski definition) is 1. The minimum atomic E-state index is -1.07. The second-order valence-electron chi connectivity index (χ2n) is 12.6. The van der Waals surface area contributed by atoms with Gasteiger partial charge >= 0.3 is 5.97 Å². The maximum atomic E-state index is 14.3. The number of thiazole rings is 1. The maximum Gasteiger partial charge on any atom is 0.310 e. The van der Waals surface area contributed by atoms with Crippen molar-refractivity contribution < 1.29 is 24.2 Å². The van der Waals surface area contributed by atoms with E-state index < -0.39 is 17.4 Å². The number of aromatic nitrogens is 1. The zero-order chi connectivity index (χ0) is 30.0. The number of carboxylic acids is 1. The van der Waals surface area contributed by atoms with E-state index in [1.165, 1.54) is 16.9 Å². The van der Waals surface area contributed by atoms with Crippen molar-refractivity contribution in [3.63, 3.8) is 0 Å². The molecule has 7 nitrogen and oxygen atoms in total. The van der Waals surface area contributed by atoms with E-state index in [2.05, 4.69) is 29.3 Å². The molecule has 2 aliphatic heterocycles. The first-order valence-electron chi connectivity index (χ1n) is 15.6. The summed E-state index contributed by atoms with van der Waals surface area (Å²) in [6.07, 6.45) is 10.6. The van der Waals surface area contributed by atoms with Gasteiger partial charge in [-0.25, -0.2) is 4.98 Å². The second-order valence-corrected chi connectivity index (χ2v) is 13.6. The summed E-state index contributed by atoms with van der Waals surface area (Å²) in [5.41, 5.74) is 2.13. The number of nitrogens with zero attached hydrogens (tertiary/aromatic N) is 2. The highest BCUT2D eigenvalue weighted by Gasteiger charge is 2.61. The van der Waals surface area contributed by atoms with Crippen LogP contribution in [0.4, 0.5) is 0 Å². The molecule has 0 unspecified atom stereocenters. The van der Waals surface area contributed by atoms with Crippen LogP contribution in [0.2, 0.25) is 0 Å². The van der Waals surface area contributed by atoms with Gasteiger partial charge in [0.1, 0.15) is 6.10 Å². The van der Waals surface area contributed by atoms with Gasteiger partial charge in [-0.2, -0.15) is 0 Å². The summed E-state index contributed by atoms with van der Waals surface area (Å²) < 4.78 is 7.38. The topological polar surface area (TPSA) is 96.8 Å². The number of carboxylic acid groups (broad SMARTS) is 1. The number of rotatable bonds is 6. The van der Waals surface area contributed by atoms with Crippen LogP contribution in [0.5, 0.6) is 5.19 Å². The minimum absolute atomic E-state index is 0.00924. The number of aryl methyl sites for hydroxylation is 2. The monoisotopic (exact) mass is 600 g/mol. The molecule has 3 heterocycles. The van der Waals surface area contributed by atoms with Crippen molar-refractivity contribution in [1.29, 1.82) is 0 Å². The summed E-state index contributed by atoms with van der Waals surface area (Å²) in [4.78, 5) is 47.0. The highest BCUT2D eigenvalue weighted by atomic mass is 32.1. The van der Waals surface area contributed by atoms with Gasteiger partial charge in [0.25, 0.3) is 5.19 Å². The third kappa shape index (κ3) is 6.54. The largest absolute Gasteiger partial charge is 0.481 e. The lowest BCUT2D eigenvalue weighted by Crippen LogP contribution is -2.45. The Labute approximate surface area is 257 Å². The van der Waals surface area contributed by atoms with Crippen LogP contribution in [-0.2, 0) is 20.8 Å². The average molecular weight is 601 g/mol. The van der Waals surface area contributed by atoms with E-state index in [0.717, 1.165) is 54.3 Å². The molecule has 6 rings (SSSR count). The standard InChI is InChI=1S/C35H40N2O5S/c1-23-14-17-28-31(18-23)43-34(36-28)42-27-19-29-30(38)21-35(33(40)41)20-26(35)13-9-4-2-3-8-12-25(32(39)37(29)22-27)16-15-24-10-6-5-7-11-24/h5-7,9-11,13-14,17-18,25-27,29H,2-4,8,12,15-16,19-22H2,1H3,(H,40,41)/b13-9-/t25-,26-,27-,29+,35-/m1/s1. The Morgan fingerprint density at radius 1 is 1.14 bits per heavy atom. The van der Waals surface area contributed by atoms with Crippen molar-refractivity contribution in [2.24, 2.45) is 17.3 Å². The van der Waals surface area contributed by atoms with Crippen LogP contribution in [0.25, 0.3) is 10.2 Å². The zero-order valence-electron chi connectivity index (χ0n) is 24.7. The number of allylic oxidation sites excluding steroid dienone is 2. The van der Waals surface area contributed by atoms with Crippen LogP contribution in [0, 0.1) is 24.2 Å². The summed E-state index contributed by atoms with van der Waals surface area (Å²) in [5, 5.41) is 10.7. The number of fused-ring (bicyclic) bond motifs is 3. The summed E-state index contributed by atoms with van der Waals surface area (Å²) in [6.45, 7) is 2.34. The van der Waals surface area contributed by atoms with Gasteiger partial charge in [0.15, 0.2) is 5.78 Å². The molecule has 1 aliphatic carbocycles. The summed E-state index contributed by atoms with van der Waals surface area (Å²) >= 11 is 1.47. The Bertz CT molecular complexity index is 1520. The fourth-order valence-electron chi connectivity index (χ4n) is 6.88. The number of amides is 1. The Morgan fingerprint density at radius 3 is 2.79 bits per heavy atom. The molecule has 1 aromatic heterocycles. The van der Waals surface area contributed by atoms with Crippen LogP contribution in [-0.4, -0.2) is 51.3 Å². The molecule has 3 aromatic rings. The van der Waals surface area contributed by atoms with E-state index in [1.807, 2.05) is 43.3 Å². The zero-order valence-corrected chi connectivity index (χ0v) is 25.6. The summed E-state index contributed by atoms with van der Waals surface area (Å²) in [6, 6.07) is 15.6. The Balaban J connectivity index is 1.26. The predicted molar refractivity (Wildman–Crippen MR) is 167 cm³/mol. The van der Waals surface area contributed by atoms with Gasteiger partial charge in [0, 0.05) is 18.8 Å². The first kappa shape index (κ1) is 29.5. The van der Waals surface area contributed by atoms with Gasteiger partial charge < -0.3 is 14.7 Å². The Hall–Kier alpha value is -3.52. The van der Waals surface area contributed by atoms with E-state index in [4.69, 9.17) is 4.74 Å². The smallest absolute Gasteiger partial charge is 0.310 e. The molecule has 43 heavy (non-hydrogen) atoms. The first-order valence-corrected chi connectivity index (χ1v) is 16.4. The number of carbonyl (C=O) groups is 3. The molecule has 0 bridgehead atoms. The lowest BCUT2D eigenvalue weighted by molar-refractivity contribution is -0.147. The number of carbonyl (C=O) groups excluding carboxylic acids is 2. The van der Waals surface area contributed by atoms with E-state index in [0.29, 0.717) is 31.0 Å². The van der Waals surface area contributed by atoms with Gasteiger partial charge in [-0.15, -0.1) is 0 Å². The second kappa shape index (κ2) is 12.6. The molecule has 2 fully saturated rings. The summed E-state index contributed by atoms with van der Waals surface area (Å²) in [5.74, 6) is -1.45. The van der Waals surface area contributed by atoms with Crippen LogP contribution in [0.1, 0.15) is 68.9 Å². The van der Waals surface area contributed by atoms with Crippen LogP contribution >= 0.6 is 11.3 Å². The van der Waals surface area contributed by atoms with Gasteiger partial charge in [-0.3, -0.25) is 14.4 Å². The fourth-order valence-corrected chi connectivity index (χ4v) is 7.86. The molecule has 3 aliphatic rings. The number of Topliss-reactive ketones (excluding diaryl/α,β-unsaturated/α-hetero) is 1. The van der Waals surface area contributed by atoms with Gasteiger partial charge in [0.05, 0.1) is 28.2 Å². The maximum absolute atomic E-state index is 14.3. The number of ketones is 1. The van der Waals surface area contributed by atoms with Crippen molar-refractivity contribution in [3.05, 3.63) is 71.8 Å². The quantitative estimate of drug-likeness (QED) is 0.314. The highest BCUT2D eigenvalue weighted by molar-refractivity contribution is 7.20. The van der Waals surface area contributed by atoms with Crippen molar-refractivity contribution in [3.8, 4) is 5.19 Å². The molecular weight excluding hydrogens is 560 g/mol. The van der Waals surface area contributed by atoms with E-state index >= 15 is 0 Å². The van der Waals surface area contributed by atoms with Gasteiger partial charge in [-0.1, -0.05) is 72.7 Å². The molecule has 1 saturated carbocycles. The Kier molecular flexibility index (Phi) is 8.66. The molecule has 5 atom stereocenters. The summed E-state index contributed by atoms with van der Waals surface area (Å²) in [7, 11) is 0. The normalized spacial score (nSPS) is 28.9. The number of aliphatic carboxylic acids is 1. The minimum Gasteiger partial charge on any atom is -0.481 e. The van der Waals surface area contributed by atoms with E-state index in [-0.39, 0.29) is 36.1 Å². The van der Waals surface area contributed by atoms with Gasteiger partial charge in [0.2, 0.25) is 5.91 Å². The Morgan fingerprint density at radius 2 is 1.98 bits per heavy atom. The van der Waals surface area contributed by atoms with Crippen molar-refractivity contribution >= 4 is 39.2 Å². The van der Waals surface area contributed by atoms with Crippen molar-refractivity contribution in [2.75, 3.05) is 6.54 Å². The molecule has 2 aromatic carbocycles. The molecule has 0 spiro atoms. The third-order valence-corrected chi connectivity index (χ3v) is 10.4. The van der Waals surface area contributed by atoms with E-state index in [9.17, 15) is 19.5 Å². The third-order valence-electron chi connectivity index (χ3n) is 9.52. The van der Waals surface area contributed by atoms with E-state index in [1.54, 1.807) is 4.90 Å². The number of benzene rings is 2. The molecule has 1 N–H and O–H groups in total. The number of ether oxygens (including phenoxy) is 1. The molecule has 0 radical (unpaired) electrons. The SMILES string of the molecule is Cc1ccc2nc(O[C@@H]3C[C@H]4C(=O)C[C@]5(C(=O)O)C[C@H]5/C=C\CCCCC[C@H](CCc5ccccc5)C(=O)N4C3)sc2c1. The van der Waals surface area contributed by atoms with Crippen LogP contribution in [0.3, 0.4) is 0 Å². The van der Waals surface area contributed by atoms with Crippen molar-refractivity contribution in [2.45, 2.75) is 83.3 Å². The molecule has 1 saturated heterocycles. The lowest BCUT2D eigenvalue weighted by atomic mass is 9.90. The number of hydrogen-bond acceptors (Lipinski definition) is 6. The molecule has 226 valence electrons. The lowest BCUT2D eigenvalue weighted by Gasteiger charge is -2.29. The van der Waals surface area contributed by atoms with Crippen LogP contribution in [0.15, 0.2) is 60.7 Å². The van der Waals surface area contributed by atoms with Crippen LogP contribution < -0.4 is 4.74 Å².